The predicted octanol–water partition coefficient (Wildman–Crippen LogP) is 2.38. The third-order valence-electron chi connectivity index (χ3n) is 2.45. The number of rotatable bonds is 0. The van der Waals surface area contributed by atoms with Crippen LogP contribution in [0.25, 0.3) is 16.6 Å². The Morgan fingerprint density at radius 3 is 3.00 bits per heavy atom. The Morgan fingerprint density at radius 1 is 1.38 bits per heavy atom. The number of hydrogen-bond acceptors (Lipinski definition) is 3. The van der Waals surface area contributed by atoms with Gasteiger partial charge in [-0.15, -0.1) is 0 Å². The molecule has 0 aliphatic heterocycles. The van der Waals surface area contributed by atoms with E-state index in [-0.39, 0.29) is 11.1 Å². The molecule has 0 bridgehead atoms. The molecule has 6 heteroatoms. The van der Waals surface area contributed by atoms with Gasteiger partial charge in [0, 0.05) is 11.5 Å². The smallest absolute Gasteiger partial charge is 0.218 e. The van der Waals surface area contributed by atoms with Gasteiger partial charge in [0.25, 0.3) is 0 Å². The maximum absolute atomic E-state index is 13.4. The fourth-order valence-electron chi connectivity index (χ4n) is 1.65. The molecule has 0 aliphatic rings. The number of aryl methyl sites for hydroxylation is 1. The molecule has 80 valence electrons. The van der Waals surface area contributed by atoms with E-state index in [9.17, 15) is 4.39 Å². The van der Waals surface area contributed by atoms with Gasteiger partial charge in [-0.1, -0.05) is 0 Å². The summed E-state index contributed by atoms with van der Waals surface area (Å²) in [6.07, 6.45) is 1.39. The Hall–Kier alpha value is -1.75. The molecule has 2 aromatic heterocycles. The van der Waals surface area contributed by atoms with E-state index >= 15 is 0 Å². The van der Waals surface area contributed by atoms with Crippen molar-refractivity contribution >= 4 is 28.2 Å². The average Bonchev–Trinajstić information content (AvgIpc) is 2.71. The van der Waals surface area contributed by atoms with Crippen LogP contribution in [0, 0.1) is 12.7 Å². The largest absolute Gasteiger partial charge is 0.226 e. The second kappa shape index (κ2) is 3.12. The zero-order chi connectivity index (χ0) is 11.3. The van der Waals surface area contributed by atoms with E-state index in [1.165, 1.54) is 16.9 Å². The third kappa shape index (κ3) is 1.18. The molecule has 0 fully saturated rings. The van der Waals surface area contributed by atoms with Crippen molar-refractivity contribution in [1.29, 1.82) is 0 Å². The van der Waals surface area contributed by atoms with Gasteiger partial charge in [0.1, 0.15) is 12.1 Å². The van der Waals surface area contributed by atoms with Crippen LogP contribution in [0.4, 0.5) is 4.39 Å². The number of nitrogens with zero attached hydrogens (tertiary/aromatic N) is 4. The first kappa shape index (κ1) is 9.47. The summed E-state index contributed by atoms with van der Waals surface area (Å²) in [6.45, 7) is 1.69. The van der Waals surface area contributed by atoms with Gasteiger partial charge in [-0.25, -0.2) is 14.4 Å². The van der Waals surface area contributed by atoms with Gasteiger partial charge in [-0.2, -0.15) is 9.61 Å². The van der Waals surface area contributed by atoms with Gasteiger partial charge in [0.05, 0.1) is 5.52 Å². The van der Waals surface area contributed by atoms with Gasteiger partial charge in [0.2, 0.25) is 5.28 Å². The van der Waals surface area contributed by atoms with Crippen LogP contribution in [0.15, 0.2) is 18.5 Å². The summed E-state index contributed by atoms with van der Waals surface area (Å²) in [4.78, 5) is 8.15. The molecule has 0 spiro atoms. The highest BCUT2D eigenvalue weighted by atomic mass is 35.5. The van der Waals surface area contributed by atoms with E-state index in [0.717, 1.165) is 5.39 Å². The van der Waals surface area contributed by atoms with E-state index in [2.05, 4.69) is 15.1 Å². The summed E-state index contributed by atoms with van der Waals surface area (Å²) in [7, 11) is 0. The van der Waals surface area contributed by atoms with Gasteiger partial charge < -0.3 is 0 Å². The Kier molecular flexibility index (Phi) is 1.85. The molecule has 0 atom stereocenters. The Balaban J connectivity index is 2.59. The molecular weight excluding hydrogens is 231 g/mol. The minimum Gasteiger partial charge on any atom is -0.218 e. The summed E-state index contributed by atoms with van der Waals surface area (Å²) in [5.74, 6) is -0.306. The van der Waals surface area contributed by atoms with E-state index in [0.29, 0.717) is 16.7 Å². The predicted molar refractivity (Wildman–Crippen MR) is 58.0 cm³/mol. The van der Waals surface area contributed by atoms with Crippen molar-refractivity contribution in [3.05, 3.63) is 35.1 Å². The molecule has 0 saturated heterocycles. The minimum atomic E-state index is -0.306. The lowest BCUT2D eigenvalue weighted by atomic mass is 10.1. The SMILES string of the molecule is Cc1cc2c(cc1F)nc(Cl)n1ncnc21. The monoisotopic (exact) mass is 236 g/mol. The van der Waals surface area contributed by atoms with Crippen molar-refractivity contribution in [2.75, 3.05) is 0 Å². The molecule has 0 radical (unpaired) electrons. The average molecular weight is 237 g/mol. The minimum absolute atomic E-state index is 0.170. The lowest BCUT2D eigenvalue weighted by molar-refractivity contribution is 0.620. The highest BCUT2D eigenvalue weighted by Crippen LogP contribution is 2.22. The zero-order valence-corrected chi connectivity index (χ0v) is 9.03. The molecule has 0 aliphatic carbocycles. The third-order valence-corrected chi connectivity index (χ3v) is 2.70. The van der Waals surface area contributed by atoms with Gasteiger partial charge in [-0.3, -0.25) is 0 Å². The molecule has 0 unspecified atom stereocenters. The van der Waals surface area contributed by atoms with Crippen LogP contribution in [0.3, 0.4) is 0 Å². The molecule has 4 nitrogen and oxygen atoms in total. The summed E-state index contributed by atoms with van der Waals surface area (Å²) < 4.78 is 14.8. The summed E-state index contributed by atoms with van der Waals surface area (Å²) in [5, 5.41) is 4.84. The van der Waals surface area contributed by atoms with Gasteiger partial charge in [-0.05, 0) is 30.2 Å². The Morgan fingerprint density at radius 2 is 2.19 bits per heavy atom. The summed E-state index contributed by atoms with van der Waals surface area (Å²) in [5.41, 5.74) is 1.60. The maximum Gasteiger partial charge on any atom is 0.226 e. The molecule has 0 amide bonds. The molecule has 0 saturated carbocycles. The first-order valence-electron chi connectivity index (χ1n) is 4.62. The van der Waals surface area contributed by atoms with Gasteiger partial charge >= 0.3 is 0 Å². The van der Waals surface area contributed by atoms with Crippen molar-refractivity contribution in [2.45, 2.75) is 6.92 Å². The molecule has 2 heterocycles. The molecule has 16 heavy (non-hydrogen) atoms. The van der Waals surface area contributed by atoms with E-state index in [4.69, 9.17) is 11.6 Å². The normalized spacial score (nSPS) is 11.4. The molecule has 0 N–H and O–H groups in total. The number of benzene rings is 1. The van der Waals surface area contributed by atoms with Crippen molar-refractivity contribution < 1.29 is 4.39 Å². The van der Waals surface area contributed by atoms with Crippen molar-refractivity contribution in [1.82, 2.24) is 19.6 Å². The molecule has 1 aromatic carbocycles. The fraction of sp³-hybridized carbons (Fsp3) is 0.100. The highest BCUT2D eigenvalue weighted by Gasteiger charge is 2.10. The second-order valence-corrected chi connectivity index (χ2v) is 3.83. The Bertz CT molecular complexity index is 707. The van der Waals surface area contributed by atoms with E-state index in [1.54, 1.807) is 13.0 Å². The highest BCUT2D eigenvalue weighted by molar-refractivity contribution is 6.29. The van der Waals surface area contributed by atoms with E-state index < -0.39 is 0 Å². The van der Waals surface area contributed by atoms with E-state index in [1.807, 2.05) is 0 Å². The van der Waals surface area contributed by atoms with Crippen molar-refractivity contribution in [2.24, 2.45) is 0 Å². The topological polar surface area (TPSA) is 43.1 Å². The standard InChI is InChI=1S/C10H6ClFN4/c1-5-2-6-8(3-7(5)12)15-10(11)16-9(6)13-4-14-16/h2-4H,1H3. The summed E-state index contributed by atoms with van der Waals surface area (Å²) in [6, 6.07) is 3.04. The lowest BCUT2D eigenvalue weighted by Gasteiger charge is -2.03. The van der Waals surface area contributed by atoms with Gasteiger partial charge in [0.15, 0.2) is 5.65 Å². The quantitative estimate of drug-likeness (QED) is 0.563. The zero-order valence-electron chi connectivity index (χ0n) is 8.28. The van der Waals surface area contributed by atoms with Crippen molar-refractivity contribution in [3.63, 3.8) is 0 Å². The lowest BCUT2D eigenvalue weighted by Crippen LogP contribution is -1.96. The van der Waals surface area contributed by atoms with Crippen LogP contribution >= 0.6 is 11.6 Å². The fourth-order valence-corrected chi connectivity index (χ4v) is 1.86. The molecular formula is C10H6ClFN4. The number of aromatic nitrogens is 4. The molecule has 3 rings (SSSR count). The first-order valence-corrected chi connectivity index (χ1v) is 5.00. The molecule has 3 aromatic rings. The van der Waals surface area contributed by atoms with Crippen LogP contribution in [-0.2, 0) is 0 Å². The number of hydrogen-bond donors (Lipinski definition) is 0. The van der Waals surface area contributed by atoms with Crippen LogP contribution in [0.1, 0.15) is 5.56 Å². The van der Waals surface area contributed by atoms with Crippen molar-refractivity contribution in [3.8, 4) is 0 Å². The van der Waals surface area contributed by atoms with Crippen LogP contribution in [0.2, 0.25) is 5.28 Å². The number of fused-ring (bicyclic) bond motifs is 3. The summed E-state index contributed by atoms with van der Waals surface area (Å²) >= 11 is 5.90. The van der Waals surface area contributed by atoms with Crippen LogP contribution in [0.5, 0.6) is 0 Å². The first-order chi connectivity index (χ1) is 7.66. The second-order valence-electron chi connectivity index (χ2n) is 3.49. The maximum atomic E-state index is 13.4. The van der Waals surface area contributed by atoms with Crippen LogP contribution < -0.4 is 0 Å². The Labute approximate surface area is 94.7 Å². The number of halogens is 2. The van der Waals surface area contributed by atoms with Crippen LogP contribution in [-0.4, -0.2) is 19.6 Å².